The molecule has 3 rings (SSSR count). The van der Waals surface area contributed by atoms with Crippen molar-refractivity contribution in [1.29, 1.82) is 0 Å². The molecule has 2 atom stereocenters. The van der Waals surface area contributed by atoms with Gasteiger partial charge in [-0.05, 0) is 30.7 Å². The van der Waals surface area contributed by atoms with Crippen LogP contribution >= 0.6 is 11.6 Å². The fourth-order valence-electron chi connectivity index (χ4n) is 3.23. The third-order valence-electron chi connectivity index (χ3n) is 4.64. The van der Waals surface area contributed by atoms with E-state index in [0.29, 0.717) is 23.9 Å². The summed E-state index contributed by atoms with van der Waals surface area (Å²) in [6.07, 6.45) is 0. The van der Waals surface area contributed by atoms with Gasteiger partial charge in [0, 0.05) is 24.0 Å². The number of nitrogens with zero attached hydrogens (tertiary/aromatic N) is 1. The van der Waals surface area contributed by atoms with Crippen LogP contribution in [0.15, 0.2) is 18.2 Å². The minimum Gasteiger partial charge on any atom is -0.483 e. The van der Waals surface area contributed by atoms with Gasteiger partial charge in [-0.1, -0.05) is 11.6 Å². The summed E-state index contributed by atoms with van der Waals surface area (Å²) in [4.78, 5) is 25.5. The predicted octanol–water partition coefficient (Wildman–Crippen LogP) is 1.59. The Balaban J connectivity index is 1.63. The van der Waals surface area contributed by atoms with E-state index in [4.69, 9.17) is 21.1 Å². The summed E-state index contributed by atoms with van der Waals surface area (Å²) >= 11 is 5.88. The number of carbonyl (C=O) groups is 2. The van der Waals surface area contributed by atoms with Crippen LogP contribution in [0.1, 0.15) is 5.56 Å². The van der Waals surface area contributed by atoms with E-state index in [9.17, 15) is 14.7 Å². The van der Waals surface area contributed by atoms with Crippen molar-refractivity contribution >= 4 is 23.5 Å². The van der Waals surface area contributed by atoms with Gasteiger partial charge >= 0.3 is 5.97 Å². The van der Waals surface area contributed by atoms with Crippen LogP contribution in [-0.4, -0.2) is 54.8 Å². The van der Waals surface area contributed by atoms with Gasteiger partial charge in [0.25, 0.3) is 5.91 Å². The van der Waals surface area contributed by atoms with Gasteiger partial charge in [-0.25, -0.2) is 0 Å². The molecule has 0 aromatic heterocycles. The number of carbonyl (C=O) groups excluding carboxylic acids is 1. The van der Waals surface area contributed by atoms with E-state index in [1.807, 2.05) is 6.92 Å². The number of rotatable bonds is 4. The highest BCUT2D eigenvalue weighted by Crippen LogP contribution is 2.41. The smallest absolute Gasteiger partial charge is 0.314 e. The summed E-state index contributed by atoms with van der Waals surface area (Å²) in [6.45, 7) is 2.85. The minimum atomic E-state index is -0.966. The number of likely N-dealkylation sites (tertiary alicyclic amines) is 1. The lowest BCUT2D eigenvalue weighted by molar-refractivity contribution is -0.149. The average molecular weight is 340 g/mol. The van der Waals surface area contributed by atoms with Gasteiger partial charge in [0.05, 0.1) is 13.2 Å². The zero-order chi connectivity index (χ0) is 16.6. The standard InChI is InChI=1S/C16H18ClNO5/c1-10-4-12(17)2-3-13(10)23-7-14(19)18-5-11-6-22-9-16(11,8-18)15(20)21/h2-4,11H,5-9H2,1H3,(H,20,21)/t11-,16-/m1/s1. The highest BCUT2D eigenvalue weighted by Gasteiger charge is 2.57. The van der Waals surface area contributed by atoms with E-state index in [1.54, 1.807) is 23.1 Å². The molecular weight excluding hydrogens is 322 g/mol. The highest BCUT2D eigenvalue weighted by molar-refractivity contribution is 6.30. The van der Waals surface area contributed by atoms with Crippen molar-refractivity contribution in [2.24, 2.45) is 11.3 Å². The SMILES string of the molecule is Cc1cc(Cl)ccc1OCC(=O)N1C[C@@H]2COC[C@]2(C(=O)O)C1. The van der Waals surface area contributed by atoms with E-state index in [-0.39, 0.29) is 31.6 Å². The third-order valence-corrected chi connectivity index (χ3v) is 4.88. The summed E-state index contributed by atoms with van der Waals surface area (Å²) in [5.41, 5.74) is -0.120. The first-order chi connectivity index (χ1) is 10.9. The van der Waals surface area contributed by atoms with Crippen molar-refractivity contribution in [2.45, 2.75) is 6.92 Å². The zero-order valence-corrected chi connectivity index (χ0v) is 13.5. The number of benzene rings is 1. The first-order valence-corrected chi connectivity index (χ1v) is 7.78. The van der Waals surface area contributed by atoms with Crippen LogP contribution in [0, 0.1) is 18.3 Å². The molecule has 6 nitrogen and oxygen atoms in total. The number of halogens is 1. The Bertz CT molecular complexity index is 649. The largest absolute Gasteiger partial charge is 0.483 e. The molecule has 2 aliphatic rings. The second-order valence-corrected chi connectivity index (χ2v) is 6.58. The van der Waals surface area contributed by atoms with E-state index >= 15 is 0 Å². The zero-order valence-electron chi connectivity index (χ0n) is 12.8. The molecular formula is C16H18ClNO5. The van der Waals surface area contributed by atoms with Crippen molar-refractivity contribution in [1.82, 2.24) is 4.90 Å². The van der Waals surface area contributed by atoms with E-state index in [0.717, 1.165) is 5.56 Å². The molecule has 1 aromatic rings. The molecule has 23 heavy (non-hydrogen) atoms. The second kappa shape index (κ2) is 6.02. The Kier molecular flexibility index (Phi) is 4.21. The van der Waals surface area contributed by atoms with Gasteiger partial charge < -0.3 is 19.5 Å². The lowest BCUT2D eigenvalue weighted by Gasteiger charge is -2.22. The Labute approximate surface area is 138 Å². The van der Waals surface area contributed by atoms with Gasteiger partial charge in [-0.15, -0.1) is 0 Å². The summed E-state index contributed by atoms with van der Waals surface area (Å²) in [5, 5.41) is 10.1. The molecule has 2 heterocycles. The molecule has 2 saturated heterocycles. The summed E-state index contributed by atoms with van der Waals surface area (Å²) < 4.78 is 10.9. The van der Waals surface area contributed by atoms with Crippen LogP contribution in [0.4, 0.5) is 0 Å². The van der Waals surface area contributed by atoms with Crippen molar-refractivity contribution in [3.05, 3.63) is 28.8 Å². The quantitative estimate of drug-likeness (QED) is 0.901. The van der Waals surface area contributed by atoms with E-state index in [2.05, 4.69) is 0 Å². The van der Waals surface area contributed by atoms with Gasteiger partial charge in [0.15, 0.2) is 6.61 Å². The highest BCUT2D eigenvalue weighted by atomic mass is 35.5. The predicted molar refractivity (Wildman–Crippen MR) is 82.6 cm³/mol. The van der Waals surface area contributed by atoms with E-state index < -0.39 is 11.4 Å². The Morgan fingerprint density at radius 2 is 2.30 bits per heavy atom. The van der Waals surface area contributed by atoms with Crippen LogP contribution < -0.4 is 4.74 Å². The topological polar surface area (TPSA) is 76.1 Å². The van der Waals surface area contributed by atoms with Crippen LogP contribution in [0.3, 0.4) is 0 Å². The molecule has 0 unspecified atom stereocenters. The number of aryl methyl sites for hydroxylation is 1. The number of ether oxygens (including phenoxy) is 2. The third kappa shape index (κ3) is 2.88. The van der Waals surface area contributed by atoms with Crippen molar-refractivity contribution in [3.63, 3.8) is 0 Å². The number of hydrogen-bond acceptors (Lipinski definition) is 4. The second-order valence-electron chi connectivity index (χ2n) is 6.15. The average Bonchev–Trinajstić information content (AvgIpc) is 3.04. The van der Waals surface area contributed by atoms with Crippen LogP contribution in [0.5, 0.6) is 5.75 Å². The summed E-state index contributed by atoms with van der Waals surface area (Å²) in [6, 6.07) is 5.18. The molecule has 0 bridgehead atoms. The van der Waals surface area contributed by atoms with Crippen molar-refractivity contribution < 1.29 is 24.2 Å². The van der Waals surface area contributed by atoms with Crippen molar-refractivity contribution in [3.8, 4) is 5.75 Å². The Morgan fingerprint density at radius 3 is 2.96 bits per heavy atom. The number of aliphatic carboxylic acids is 1. The fourth-order valence-corrected chi connectivity index (χ4v) is 3.46. The van der Waals surface area contributed by atoms with Gasteiger partial charge in [0.2, 0.25) is 0 Å². The molecule has 124 valence electrons. The molecule has 0 radical (unpaired) electrons. The maximum absolute atomic E-state index is 12.3. The Morgan fingerprint density at radius 1 is 1.52 bits per heavy atom. The first kappa shape index (κ1) is 16.1. The summed E-state index contributed by atoms with van der Waals surface area (Å²) in [7, 11) is 0. The minimum absolute atomic E-state index is 0.119. The number of carboxylic acids is 1. The normalized spacial score (nSPS) is 26.2. The van der Waals surface area contributed by atoms with Gasteiger partial charge in [0.1, 0.15) is 11.2 Å². The number of carboxylic acid groups (broad SMARTS) is 1. The monoisotopic (exact) mass is 339 g/mol. The lowest BCUT2D eigenvalue weighted by Crippen LogP contribution is -2.41. The van der Waals surface area contributed by atoms with Crippen LogP contribution in [0.25, 0.3) is 0 Å². The van der Waals surface area contributed by atoms with Crippen LogP contribution in [0.2, 0.25) is 5.02 Å². The van der Waals surface area contributed by atoms with E-state index in [1.165, 1.54) is 0 Å². The number of amides is 1. The number of hydrogen-bond donors (Lipinski definition) is 1. The molecule has 0 aliphatic carbocycles. The molecule has 2 fully saturated rings. The lowest BCUT2D eigenvalue weighted by atomic mass is 9.81. The fraction of sp³-hybridized carbons (Fsp3) is 0.500. The van der Waals surface area contributed by atoms with Gasteiger partial charge in [-0.3, -0.25) is 9.59 Å². The molecule has 1 amide bonds. The molecule has 2 aliphatic heterocycles. The number of fused-ring (bicyclic) bond motifs is 1. The molecule has 7 heteroatoms. The summed E-state index contributed by atoms with van der Waals surface area (Å²) in [5.74, 6) is -0.668. The van der Waals surface area contributed by atoms with Crippen LogP contribution in [-0.2, 0) is 14.3 Å². The van der Waals surface area contributed by atoms with Crippen molar-refractivity contribution in [2.75, 3.05) is 32.9 Å². The molecule has 1 aromatic carbocycles. The van der Waals surface area contributed by atoms with Gasteiger partial charge in [-0.2, -0.15) is 0 Å². The molecule has 0 spiro atoms. The maximum atomic E-state index is 12.3. The first-order valence-electron chi connectivity index (χ1n) is 7.40. The molecule has 1 N–H and O–H groups in total. The molecule has 0 saturated carbocycles. The maximum Gasteiger partial charge on any atom is 0.314 e. The Hall–Kier alpha value is -1.79.